The number of benzene rings is 3. The summed E-state index contributed by atoms with van der Waals surface area (Å²) in [5.74, 6) is -0.794. The fourth-order valence-corrected chi connectivity index (χ4v) is 2.98. The Bertz CT molecular complexity index is 1110. The zero-order valence-corrected chi connectivity index (χ0v) is 16.7. The quantitative estimate of drug-likeness (QED) is 0.327. The fraction of sp³-hybridized carbons (Fsp3) is 0.0833. The molecule has 7 nitrogen and oxygen atoms in total. The van der Waals surface area contributed by atoms with Crippen LogP contribution in [-0.4, -0.2) is 23.3 Å². The first-order valence-electron chi connectivity index (χ1n) is 9.68. The van der Waals surface area contributed by atoms with Gasteiger partial charge in [0.25, 0.3) is 11.6 Å². The van der Waals surface area contributed by atoms with Crippen LogP contribution in [0, 0.1) is 10.1 Å². The first-order chi connectivity index (χ1) is 15.0. The topological polar surface area (TPSA) is 101 Å². The molecular weight excluding hydrogens is 394 g/mol. The van der Waals surface area contributed by atoms with Gasteiger partial charge in [-0.3, -0.25) is 19.7 Å². The Labute approximate surface area is 179 Å². The third-order valence-corrected chi connectivity index (χ3v) is 4.52. The average molecular weight is 415 g/mol. The molecule has 0 bridgehead atoms. The van der Waals surface area contributed by atoms with E-state index in [-0.39, 0.29) is 11.6 Å². The van der Waals surface area contributed by atoms with Gasteiger partial charge in [0.15, 0.2) is 0 Å². The summed E-state index contributed by atoms with van der Waals surface area (Å²) in [6, 6.07) is 22.6. The molecule has 31 heavy (non-hydrogen) atoms. The molecule has 0 saturated heterocycles. The van der Waals surface area contributed by atoms with E-state index in [9.17, 15) is 19.7 Å². The molecule has 3 rings (SSSR count). The molecule has 2 amide bonds. The van der Waals surface area contributed by atoms with E-state index >= 15 is 0 Å². The van der Waals surface area contributed by atoms with Crippen molar-refractivity contribution in [2.45, 2.75) is 6.42 Å². The molecule has 0 aliphatic carbocycles. The van der Waals surface area contributed by atoms with E-state index in [4.69, 9.17) is 0 Å². The molecule has 0 fully saturated rings. The van der Waals surface area contributed by atoms with Gasteiger partial charge >= 0.3 is 0 Å². The molecule has 0 heterocycles. The third kappa shape index (κ3) is 6.11. The van der Waals surface area contributed by atoms with E-state index < -0.39 is 10.8 Å². The highest BCUT2D eigenvalue weighted by Crippen LogP contribution is 2.19. The van der Waals surface area contributed by atoms with E-state index in [1.54, 1.807) is 42.5 Å². The number of nitrogens with one attached hydrogen (secondary N) is 2. The Kier molecular flexibility index (Phi) is 7.26. The Morgan fingerprint density at radius 2 is 1.58 bits per heavy atom. The second kappa shape index (κ2) is 10.5. The number of hydrogen-bond acceptors (Lipinski definition) is 4. The maximum absolute atomic E-state index is 12.6. The van der Waals surface area contributed by atoms with E-state index in [0.29, 0.717) is 29.8 Å². The third-order valence-electron chi connectivity index (χ3n) is 4.52. The second-order valence-electron chi connectivity index (χ2n) is 6.68. The SMILES string of the molecule is O=C(/C=C/c1ccccc1[N+](=O)[O-])Nc1ccccc1C(=O)NCCc1ccccc1. The second-order valence-corrected chi connectivity index (χ2v) is 6.68. The van der Waals surface area contributed by atoms with E-state index in [0.717, 1.165) is 5.56 Å². The summed E-state index contributed by atoms with van der Waals surface area (Å²) < 4.78 is 0. The molecule has 156 valence electrons. The van der Waals surface area contributed by atoms with Crippen molar-refractivity contribution in [3.05, 3.63) is 112 Å². The van der Waals surface area contributed by atoms with Gasteiger partial charge in [0.2, 0.25) is 5.91 Å². The zero-order chi connectivity index (χ0) is 22.1. The van der Waals surface area contributed by atoms with Crippen molar-refractivity contribution in [1.82, 2.24) is 5.32 Å². The van der Waals surface area contributed by atoms with Crippen molar-refractivity contribution in [2.24, 2.45) is 0 Å². The summed E-state index contributed by atoms with van der Waals surface area (Å²) in [6.45, 7) is 0.461. The van der Waals surface area contributed by atoms with Gasteiger partial charge in [-0.25, -0.2) is 0 Å². The summed E-state index contributed by atoms with van der Waals surface area (Å²) in [5.41, 5.74) is 2.03. The Morgan fingerprint density at radius 3 is 2.35 bits per heavy atom. The molecular formula is C24H21N3O4. The van der Waals surface area contributed by atoms with Crippen LogP contribution in [0.15, 0.2) is 84.9 Å². The number of anilines is 1. The van der Waals surface area contributed by atoms with Gasteiger partial charge in [0.05, 0.1) is 21.7 Å². The highest BCUT2D eigenvalue weighted by atomic mass is 16.6. The molecule has 2 N–H and O–H groups in total. The van der Waals surface area contributed by atoms with E-state index in [1.807, 2.05) is 30.3 Å². The number of para-hydroxylation sites is 2. The average Bonchev–Trinajstić information content (AvgIpc) is 2.79. The molecule has 0 radical (unpaired) electrons. The van der Waals surface area contributed by atoms with Crippen molar-refractivity contribution in [3.63, 3.8) is 0 Å². The van der Waals surface area contributed by atoms with Crippen LogP contribution in [-0.2, 0) is 11.2 Å². The minimum absolute atomic E-state index is 0.0928. The molecule has 0 aromatic heterocycles. The van der Waals surface area contributed by atoms with Crippen molar-refractivity contribution < 1.29 is 14.5 Å². The molecule has 0 spiro atoms. The minimum atomic E-state index is -0.507. The fourth-order valence-electron chi connectivity index (χ4n) is 2.98. The van der Waals surface area contributed by atoms with Gasteiger partial charge in [-0.2, -0.15) is 0 Å². The number of hydrogen-bond donors (Lipinski definition) is 2. The van der Waals surface area contributed by atoms with E-state index in [2.05, 4.69) is 10.6 Å². The normalized spacial score (nSPS) is 10.6. The van der Waals surface area contributed by atoms with Crippen LogP contribution < -0.4 is 10.6 Å². The van der Waals surface area contributed by atoms with Crippen LogP contribution in [0.25, 0.3) is 6.08 Å². The molecule has 3 aromatic rings. The number of carbonyl (C=O) groups is 2. The highest BCUT2D eigenvalue weighted by molar-refractivity contribution is 6.07. The number of rotatable bonds is 8. The van der Waals surface area contributed by atoms with Crippen molar-refractivity contribution in [3.8, 4) is 0 Å². The van der Waals surface area contributed by atoms with Crippen LogP contribution in [0.4, 0.5) is 11.4 Å². The van der Waals surface area contributed by atoms with Gasteiger partial charge in [-0.05, 0) is 36.3 Å². The number of carbonyl (C=O) groups excluding carboxylic acids is 2. The first-order valence-corrected chi connectivity index (χ1v) is 9.68. The summed E-state index contributed by atoms with van der Waals surface area (Å²) in [4.78, 5) is 35.5. The summed E-state index contributed by atoms with van der Waals surface area (Å²) in [6.07, 6.45) is 3.27. The molecule has 0 unspecified atom stereocenters. The highest BCUT2D eigenvalue weighted by Gasteiger charge is 2.13. The number of nitrogens with zero attached hydrogens (tertiary/aromatic N) is 1. The standard InChI is InChI=1S/C24H21N3O4/c28-23(15-14-19-10-4-7-13-22(19)27(30)31)26-21-12-6-5-11-20(21)24(29)25-17-16-18-8-2-1-3-9-18/h1-15H,16-17H2,(H,25,29)(H,26,28)/b15-14+. The van der Waals surface area contributed by atoms with Gasteiger partial charge in [-0.1, -0.05) is 54.6 Å². The van der Waals surface area contributed by atoms with Crippen LogP contribution in [0.3, 0.4) is 0 Å². The smallest absolute Gasteiger partial charge is 0.276 e. The van der Waals surface area contributed by atoms with Crippen molar-refractivity contribution in [2.75, 3.05) is 11.9 Å². The Hall–Kier alpha value is -4.26. The van der Waals surface area contributed by atoms with Crippen LogP contribution >= 0.6 is 0 Å². The first kappa shape index (κ1) is 21.4. The minimum Gasteiger partial charge on any atom is -0.352 e. The van der Waals surface area contributed by atoms with Crippen molar-refractivity contribution >= 4 is 29.3 Å². The Balaban J connectivity index is 1.64. The number of nitro benzene ring substituents is 1. The zero-order valence-electron chi connectivity index (χ0n) is 16.7. The van der Waals surface area contributed by atoms with Crippen LogP contribution in [0.5, 0.6) is 0 Å². The maximum Gasteiger partial charge on any atom is 0.276 e. The van der Waals surface area contributed by atoms with Crippen molar-refractivity contribution in [1.29, 1.82) is 0 Å². The summed E-state index contributed by atoms with van der Waals surface area (Å²) >= 11 is 0. The molecule has 3 aromatic carbocycles. The van der Waals surface area contributed by atoms with E-state index in [1.165, 1.54) is 18.2 Å². The Morgan fingerprint density at radius 1 is 0.903 bits per heavy atom. The van der Waals surface area contributed by atoms with Gasteiger partial charge < -0.3 is 10.6 Å². The molecule has 7 heteroatoms. The molecule has 0 aliphatic rings. The van der Waals surface area contributed by atoms with Gasteiger partial charge in [0.1, 0.15) is 0 Å². The summed E-state index contributed by atoms with van der Waals surface area (Å²) in [7, 11) is 0. The lowest BCUT2D eigenvalue weighted by atomic mass is 10.1. The monoisotopic (exact) mass is 415 g/mol. The number of nitro groups is 1. The molecule has 0 saturated carbocycles. The lowest BCUT2D eigenvalue weighted by Crippen LogP contribution is -2.27. The van der Waals surface area contributed by atoms with Crippen LogP contribution in [0.2, 0.25) is 0 Å². The predicted octanol–water partition coefficient (Wildman–Crippen LogP) is 4.22. The van der Waals surface area contributed by atoms with Gasteiger partial charge in [0, 0.05) is 18.7 Å². The molecule has 0 atom stereocenters. The lowest BCUT2D eigenvalue weighted by molar-refractivity contribution is -0.385. The maximum atomic E-state index is 12.6. The lowest BCUT2D eigenvalue weighted by Gasteiger charge is -2.10. The predicted molar refractivity (Wildman–Crippen MR) is 120 cm³/mol. The number of amides is 2. The van der Waals surface area contributed by atoms with Crippen LogP contribution in [0.1, 0.15) is 21.5 Å². The molecule has 0 aliphatic heterocycles. The van der Waals surface area contributed by atoms with Gasteiger partial charge in [-0.15, -0.1) is 0 Å². The summed E-state index contributed by atoms with van der Waals surface area (Å²) in [5, 5.41) is 16.6. The largest absolute Gasteiger partial charge is 0.352 e.